The molecule has 2 aliphatic heterocycles. The number of amides is 4. The summed E-state index contributed by atoms with van der Waals surface area (Å²) in [5.41, 5.74) is -1.04. The van der Waals surface area contributed by atoms with Crippen molar-refractivity contribution in [1.29, 1.82) is 0 Å². The topological polar surface area (TPSA) is 91.1 Å². The first-order chi connectivity index (χ1) is 14.1. The maximum absolute atomic E-state index is 12.9. The lowest BCUT2D eigenvalue weighted by atomic mass is 9.99. The second kappa shape index (κ2) is 8.09. The molecule has 1 aromatic carbocycles. The van der Waals surface area contributed by atoms with Crippen LogP contribution in [0.25, 0.3) is 0 Å². The molecule has 0 aromatic heterocycles. The lowest BCUT2D eigenvalue weighted by Gasteiger charge is -2.28. The van der Waals surface area contributed by atoms with Gasteiger partial charge in [0.15, 0.2) is 12.5 Å². The Morgan fingerprint density at radius 3 is 2.73 bits per heavy atom. The molecular weight excluding hydrogens is 405 g/mol. The van der Waals surface area contributed by atoms with Gasteiger partial charge in [-0.05, 0) is 25.1 Å². The first-order valence-corrected chi connectivity index (χ1v) is 8.93. The van der Waals surface area contributed by atoms with Crippen molar-refractivity contribution in [3.05, 3.63) is 41.7 Å². The smallest absolute Gasteiger partial charge is 0.446 e. The van der Waals surface area contributed by atoms with Gasteiger partial charge in [0.2, 0.25) is 0 Å². The summed E-state index contributed by atoms with van der Waals surface area (Å²) in [7, 11) is 1.40. The second-order valence-electron chi connectivity index (χ2n) is 6.46. The minimum Gasteiger partial charge on any atom is -0.497 e. The highest BCUT2D eigenvalue weighted by atomic mass is 19.4. The molecule has 2 heterocycles. The Morgan fingerprint density at radius 1 is 1.33 bits per heavy atom. The summed E-state index contributed by atoms with van der Waals surface area (Å²) >= 11 is 0. The van der Waals surface area contributed by atoms with Crippen LogP contribution in [0, 0.1) is 5.92 Å². The van der Waals surface area contributed by atoms with Gasteiger partial charge in [-0.3, -0.25) is 9.59 Å². The van der Waals surface area contributed by atoms with Gasteiger partial charge < -0.3 is 10.1 Å². The van der Waals surface area contributed by atoms with E-state index < -0.39 is 42.0 Å². The average molecular weight is 423 g/mol. The summed E-state index contributed by atoms with van der Waals surface area (Å²) in [5.74, 6) is -2.06. The van der Waals surface area contributed by atoms with Crippen LogP contribution in [0.4, 0.5) is 23.7 Å². The number of nitrogens with one attached hydrogen (secondary N) is 1. The van der Waals surface area contributed by atoms with Gasteiger partial charge in [-0.15, -0.1) is 4.99 Å². The Morgan fingerprint density at radius 2 is 2.07 bits per heavy atom. The number of hydrogen-bond donors (Lipinski definition) is 1. The second-order valence-corrected chi connectivity index (χ2v) is 6.46. The van der Waals surface area contributed by atoms with Crippen molar-refractivity contribution in [2.24, 2.45) is 10.9 Å². The van der Waals surface area contributed by atoms with E-state index in [4.69, 9.17) is 4.74 Å². The van der Waals surface area contributed by atoms with Crippen molar-refractivity contribution in [2.75, 3.05) is 25.5 Å². The highest BCUT2D eigenvalue weighted by Gasteiger charge is 2.50. The summed E-state index contributed by atoms with van der Waals surface area (Å²) < 4.78 is 45.1. The molecule has 11 heteroatoms. The van der Waals surface area contributed by atoms with Crippen LogP contribution < -0.4 is 5.32 Å². The zero-order chi connectivity index (χ0) is 22.1. The summed E-state index contributed by atoms with van der Waals surface area (Å²) in [6, 6.07) is 3.27. The number of alkyl halides is 3. The Labute approximate surface area is 169 Å². The number of urea groups is 1. The SMILES string of the molecule is CCOC1=CC=NC2=[N+](C)C(=O)N(CC(=O)Nc3cccc(C(F)(F)F)c3)C(=O)C12. The van der Waals surface area contributed by atoms with E-state index >= 15 is 0 Å². The van der Waals surface area contributed by atoms with Crippen LogP contribution in [0.5, 0.6) is 0 Å². The summed E-state index contributed by atoms with van der Waals surface area (Å²) in [5, 5.41) is 2.28. The molecule has 0 saturated heterocycles. The Balaban J connectivity index is 1.80. The summed E-state index contributed by atoms with van der Waals surface area (Å²) in [6.45, 7) is 1.34. The molecule has 0 aliphatic carbocycles. The largest absolute Gasteiger partial charge is 0.497 e. The fourth-order valence-corrected chi connectivity index (χ4v) is 3.09. The van der Waals surface area contributed by atoms with Crippen LogP contribution in [0.2, 0.25) is 0 Å². The van der Waals surface area contributed by atoms with E-state index in [1.54, 1.807) is 6.92 Å². The molecule has 4 amide bonds. The normalized spacial score (nSPS) is 18.9. The van der Waals surface area contributed by atoms with Gasteiger partial charge in [-0.25, -0.2) is 4.79 Å². The maximum Gasteiger partial charge on any atom is 0.446 e. The molecule has 0 fully saturated rings. The lowest BCUT2D eigenvalue weighted by molar-refractivity contribution is -0.408. The van der Waals surface area contributed by atoms with E-state index in [-0.39, 0.29) is 23.9 Å². The third-order valence-electron chi connectivity index (χ3n) is 4.45. The number of aliphatic imine (C=N–C) groups is 1. The third-order valence-corrected chi connectivity index (χ3v) is 4.45. The predicted molar refractivity (Wildman–Crippen MR) is 100 cm³/mol. The van der Waals surface area contributed by atoms with Gasteiger partial charge >= 0.3 is 18.1 Å². The standard InChI is InChI=1S/C19H17F3N4O4/c1-3-30-13-7-8-23-16-15(13)17(28)26(18(29)25(16)2)10-14(27)24-12-6-4-5-11(9-12)19(20,21)22/h4-9,15H,3,10H2,1-2H3/p+1. The van der Waals surface area contributed by atoms with Gasteiger partial charge in [0.25, 0.3) is 11.7 Å². The fraction of sp³-hybridized carbons (Fsp3) is 0.316. The molecule has 1 atom stereocenters. The highest BCUT2D eigenvalue weighted by Crippen LogP contribution is 2.30. The van der Waals surface area contributed by atoms with Gasteiger partial charge in [0, 0.05) is 11.8 Å². The number of hydrogen-bond acceptors (Lipinski definition) is 5. The van der Waals surface area contributed by atoms with E-state index in [9.17, 15) is 27.6 Å². The quantitative estimate of drug-likeness (QED) is 0.736. The van der Waals surface area contributed by atoms with Gasteiger partial charge in [0.1, 0.15) is 12.0 Å². The average Bonchev–Trinajstić information content (AvgIpc) is 2.69. The number of halogens is 3. The number of dihydropyridines is 1. The molecule has 1 aromatic rings. The number of carbonyl (C=O) groups excluding carboxylic acids is 3. The number of allylic oxidation sites excluding steroid dienone is 1. The summed E-state index contributed by atoms with van der Waals surface area (Å²) in [4.78, 5) is 42.6. The first-order valence-electron chi connectivity index (χ1n) is 8.93. The monoisotopic (exact) mass is 423 g/mol. The van der Waals surface area contributed by atoms with Gasteiger partial charge in [-0.2, -0.15) is 22.6 Å². The van der Waals surface area contributed by atoms with Crippen molar-refractivity contribution in [2.45, 2.75) is 13.1 Å². The van der Waals surface area contributed by atoms with Crippen LogP contribution in [-0.2, 0) is 20.5 Å². The molecular formula is C19H18F3N4O4+. The van der Waals surface area contributed by atoms with Crippen molar-refractivity contribution in [3.8, 4) is 0 Å². The van der Waals surface area contributed by atoms with Crippen molar-refractivity contribution < 1.29 is 36.9 Å². The fourth-order valence-electron chi connectivity index (χ4n) is 3.09. The van der Waals surface area contributed by atoms with Crippen molar-refractivity contribution in [3.63, 3.8) is 0 Å². The van der Waals surface area contributed by atoms with Crippen LogP contribution in [-0.4, -0.2) is 59.6 Å². The number of ether oxygens (including phenoxy) is 1. The molecule has 0 radical (unpaired) electrons. The zero-order valence-corrected chi connectivity index (χ0v) is 16.1. The number of fused-ring (bicyclic) bond motifs is 1. The molecule has 2 aliphatic rings. The van der Waals surface area contributed by atoms with Crippen LogP contribution in [0.15, 0.2) is 41.1 Å². The van der Waals surface area contributed by atoms with Crippen LogP contribution >= 0.6 is 0 Å². The lowest BCUT2D eigenvalue weighted by Crippen LogP contribution is -2.56. The molecule has 0 spiro atoms. The van der Waals surface area contributed by atoms with E-state index in [1.807, 2.05) is 0 Å². The number of rotatable bonds is 5. The van der Waals surface area contributed by atoms with Crippen LogP contribution in [0.1, 0.15) is 12.5 Å². The third kappa shape index (κ3) is 4.09. The molecule has 0 bridgehead atoms. The first kappa shape index (κ1) is 21.2. The summed E-state index contributed by atoms with van der Waals surface area (Å²) in [6.07, 6.45) is -1.66. The molecule has 30 heavy (non-hydrogen) atoms. The minimum atomic E-state index is -4.57. The highest BCUT2D eigenvalue weighted by molar-refractivity contribution is 6.16. The number of carbonyl (C=O) groups is 3. The van der Waals surface area contributed by atoms with Crippen LogP contribution in [0.3, 0.4) is 0 Å². The number of benzene rings is 1. The molecule has 0 saturated carbocycles. The van der Waals surface area contributed by atoms with Crippen molar-refractivity contribution >= 4 is 35.6 Å². The van der Waals surface area contributed by atoms with Gasteiger partial charge in [0.05, 0.1) is 19.2 Å². The van der Waals surface area contributed by atoms with E-state index in [1.165, 1.54) is 25.4 Å². The minimum absolute atomic E-state index is 0.107. The van der Waals surface area contributed by atoms with E-state index in [2.05, 4.69) is 10.3 Å². The Hall–Kier alpha value is -3.50. The molecule has 1 N–H and O–H groups in total. The molecule has 158 valence electrons. The van der Waals surface area contributed by atoms with E-state index in [0.717, 1.165) is 22.8 Å². The molecule has 8 nitrogen and oxygen atoms in total. The Kier molecular flexibility index (Phi) is 5.72. The van der Waals surface area contributed by atoms with Crippen molar-refractivity contribution in [1.82, 2.24) is 4.90 Å². The number of anilines is 1. The molecule has 1 unspecified atom stereocenters. The number of amidine groups is 1. The predicted octanol–water partition coefficient (Wildman–Crippen LogP) is 2.27. The number of nitrogens with zero attached hydrogens (tertiary/aromatic N) is 3. The van der Waals surface area contributed by atoms with E-state index in [0.29, 0.717) is 4.90 Å². The number of imide groups is 1. The maximum atomic E-state index is 12.9. The zero-order valence-electron chi connectivity index (χ0n) is 16.1. The van der Waals surface area contributed by atoms with Gasteiger partial charge in [-0.1, -0.05) is 6.07 Å². The molecule has 3 rings (SSSR count). The Bertz CT molecular complexity index is 998.